The first kappa shape index (κ1) is 24.4. The molecule has 1 aromatic carbocycles. The summed E-state index contributed by atoms with van der Waals surface area (Å²) in [6, 6.07) is 3.10. The van der Waals surface area contributed by atoms with Crippen molar-refractivity contribution in [1.82, 2.24) is 15.2 Å². The van der Waals surface area contributed by atoms with Crippen molar-refractivity contribution in [3.8, 4) is 0 Å². The van der Waals surface area contributed by atoms with Gasteiger partial charge in [-0.3, -0.25) is 9.59 Å². The number of nitrogens with zero attached hydrogens (tertiary/aromatic N) is 2. The Labute approximate surface area is 217 Å². The van der Waals surface area contributed by atoms with Crippen molar-refractivity contribution in [3.63, 3.8) is 0 Å². The van der Waals surface area contributed by atoms with Crippen molar-refractivity contribution in [2.24, 2.45) is 0 Å². The number of carbonyl (C=O) groups excluding carboxylic acids is 3. The van der Waals surface area contributed by atoms with Gasteiger partial charge in [-0.15, -0.1) is 23.1 Å². The zero-order valence-corrected chi connectivity index (χ0v) is 21.1. The molecular weight excluding hydrogens is 494 g/mol. The van der Waals surface area contributed by atoms with Crippen molar-refractivity contribution in [2.45, 2.75) is 17.5 Å². The van der Waals surface area contributed by atoms with Gasteiger partial charge >= 0.3 is 29.6 Å². The molecule has 31 heavy (non-hydrogen) atoms. The fraction of sp³-hybridized carbons (Fsp3) is 0.222. The van der Waals surface area contributed by atoms with Crippen molar-refractivity contribution in [1.29, 1.82) is 0 Å². The number of benzene rings is 1. The summed E-state index contributed by atoms with van der Waals surface area (Å²) < 4.78 is 0. The summed E-state index contributed by atoms with van der Waals surface area (Å²) in [5.74, 6) is -2.15. The Kier molecular flexibility index (Phi) is 7.62. The van der Waals surface area contributed by atoms with E-state index < -0.39 is 35.2 Å². The van der Waals surface area contributed by atoms with Gasteiger partial charge in [-0.25, -0.2) is 4.98 Å². The van der Waals surface area contributed by atoms with Gasteiger partial charge in [-0.1, -0.05) is 29.3 Å². The number of fused-ring (bicyclic) bond motifs is 1. The van der Waals surface area contributed by atoms with E-state index in [4.69, 9.17) is 28.9 Å². The van der Waals surface area contributed by atoms with Gasteiger partial charge in [0.1, 0.15) is 11.4 Å². The Balaban J connectivity index is 0.00000272. The zero-order chi connectivity index (χ0) is 21.6. The van der Waals surface area contributed by atoms with Crippen LogP contribution in [0.3, 0.4) is 0 Å². The molecular formula is C18H13Cl2N4NaO4S2. The second-order valence-electron chi connectivity index (χ2n) is 6.52. The van der Waals surface area contributed by atoms with Crippen LogP contribution in [-0.4, -0.2) is 50.9 Å². The molecule has 3 heterocycles. The number of aromatic nitrogens is 1. The SMILES string of the molecule is Nc1nc(/C(=C/c2c(Cl)cccc2Cl)C(=O)NC2C(=O)N3C(C(=O)[O-])CS[C@@H]23)cs1.[Na+]. The van der Waals surface area contributed by atoms with Crippen LogP contribution in [0.2, 0.25) is 10.0 Å². The van der Waals surface area contributed by atoms with Gasteiger partial charge in [0.25, 0.3) is 5.91 Å². The van der Waals surface area contributed by atoms with E-state index in [1.165, 1.54) is 22.7 Å². The van der Waals surface area contributed by atoms with Crippen LogP contribution in [0, 0.1) is 0 Å². The fourth-order valence-electron chi connectivity index (χ4n) is 3.26. The Morgan fingerprint density at radius 2 is 2.00 bits per heavy atom. The molecule has 1 aromatic heterocycles. The molecule has 0 saturated carbocycles. The number of rotatable bonds is 5. The molecule has 0 aliphatic carbocycles. The number of thiazole rings is 1. The molecule has 0 spiro atoms. The van der Waals surface area contributed by atoms with Crippen LogP contribution in [0.5, 0.6) is 0 Å². The van der Waals surface area contributed by atoms with E-state index in [-0.39, 0.29) is 46.0 Å². The molecule has 8 nitrogen and oxygen atoms in total. The molecule has 2 amide bonds. The molecule has 2 fully saturated rings. The Morgan fingerprint density at radius 3 is 2.58 bits per heavy atom. The summed E-state index contributed by atoms with van der Waals surface area (Å²) >= 11 is 14.9. The number of hydrogen-bond acceptors (Lipinski definition) is 8. The van der Waals surface area contributed by atoms with E-state index in [9.17, 15) is 19.5 Å². The largest absolute Gasteiger partial charge is 1.00 e. The number of nitrogen functional groups attached to an aromatic ring is 1. The van der Waals surface area contributed by atoms with Gasteiger partial charge in [0, 0.05) is 26.7 Å². The number of anilines is 1. The topological polar surface area (TPSA) is 128 Å². The van der Waals surface area contributed by atoms with Crippen LogP contribution < -0.4 is 45.7 Å². The number of halogens is 2. The van der Waals surface area contributed by atoms with Gasteiger partial charge in [0.15, 0.2) is 5.13 Å². The summed E-state index contributed by atoms with van der Waals surface area (Å²) in [7, 11) is 0. The first-order chi connectivity index (χ1) is 14.3. The summed E-state index contributed by atoms with van der Waals surface area (Å²) in [6.07, 6.45) is 1.49. The first-order valence-corrected chi connectivity index (χ1v) is 11.3. The van der Waals surface area contributed by atoms with Crippen molar-refractivity contribution in [3.05, 3.63) is 44.9 Å². The van der Waals surface area contributed by atoms with Crippen LogP contribution in [0.15, 0.2) is 23.6 Å². The molecule has 4 rings (SSSR count). The standard InChI is InChI=1S/C18H14Cl2N4O4S2.Na/c19-9-2-1-3-10(20)7(9)4-8(11-5-30-18(21)22-11)14(25)23-13-15(26)24-12(17(27)28)6-29-16(13)24;/h1-5,12-13,16H,6H2,(H2,21,22)(H,23,25)(H,27,28);/q;+1/p-1/b8-4-;/t12?,13?,16-;/m0./s1. The molecule has 2 saturated heterocycles. The summed E-state index contributed by atoms with van der Waals surface area (Å²) in [5, 5.41) is 15.9. The number of hydrogen-bond donors (Lipinski definition) is 2. The molecule has 2 aliphatic rings. The predicted octanol–water partition coefficient (Wildman–Crippen LogP) is -1.90. The van der Waals surface area contributed by atoms with E-state index >= 15 is 0 Å². The summed E-state index contributed by atoms with van der Waals surface area (Å²) in [6.45, 7) is 0. The van der Waals surface area contributed by atoms with Crippen LogP contribution >= 0.6 is 46.3 Å². The molecule has 2 unspecified atom stereocenters. The number of aliphatic carboxylic acids is 1. The second-order valence-corrected chi connectivity index (χ2v) is 9.37. The number of carboxylic acids is 1. The van der Waals surface area contributed by atoms with Gasteiger partial charge < -0.3 is 25.9 Å². The van der Waals surface area contributed by atoms with E-state index in [0.717, 1.165) is 11.3 Å². The van der Waals surface area contributed by atoms with E-state index in [1.807, 2.05) is 0 Å². The van der Waals surface area contributed by atoms with Gasteiger partial charge in [0.2, 0.25) is 5.91 Å². The normalized spacial score (nSPS) is 22.4. The average molecular weight is 507 g/mol. The van der Waals surface area contributed by atoms with Gasteiger partial charge in [0.05, 0.1) is 23.3 Å². The van der Waals surface area contributed by atoms with Crippen LogP contribution in [0.4, 0.5) is 5.13 Å². The smallest absolute Gasteiger partial charge is 0.548 e. The maximum Gasteiger partial charge on any atom is 1.00 e. The second kappa shape index (κ2) is 9.70. The predicted molar refractivity (Wildman–Crippen MR) is 115 cm³/mol. The van der Waals surface area contributed by atoms with Crippen LogP contribution in [-0.2, 0) is 14.4 Å². The molecule has 3 atom stereocenters. The zero-order valence-electron chi connectivity index (χ0n) is 16.0. The Bertz CT molecular complexity index is 1080. The van der Waals surface area contributed by atoms with E-state index in [1.54, 1.807) is 23.6 Å². The first-order valence-electron chi connectivity index (χ1n) is 8.60. The fourth-order valence-corrected chi connectivity index (χ4v) is 5.79. The Hall–Kier alpha value is -1.27. The average Bonchev–Trinajstić information content (AvgIpc) is 3.30. The van der Waals surface area contributed by atoms with E-state index in [2.05, 4.69) is 10.3 Å². The van der Waals surface area contributed by atoms with Crippen molar-refractivity contribution >= 4 is 80.9 Å². The molecule has 0 bridgehead atoms. The molecule has 156 valence electrons. The monoisotopic (exact) mass is 506 g/mol. The molecule has 2 aromatic rings. The molecule has 0 radical (unpaired) electrons. The van der Waals surface area contributed by atoms with Crippen molar-refractivity contribution in [2.75, 3.05) is 11.5 Å². The third-order valence-corrected chi connectivity index (χ3v) is 7.41. The number of carboxylic acid groups (broad SMARTS) is 1. The van der Waals surface area contributed by atoms with E-state index in [0.29, 0.717) is 21.3 Å². The van der Waals surface area contributed by atoms with Gasteiger partial charge in [-0.2, -0.15) is 0 Å². The number of β-lactam (4-membered cyclic amide) rings is 1. The quantitative estimate of drug-likeness (QED) is 0.275. The molecule has 2 aliphatic heterocycles. The number of carbonyl (C=O) groups is 3. The summed E-state index contributed by atoms with van der Waals surface area (Å²) in [5.41, 5.74) is 6.57. The third kappa shape index (κ3) is 4.61. The Morgan fingerprint density at radius 1 is 1.32 bits per heavy atom. The molecule has 3 N–H and O–H groups in total. The molecule has 13 heteroatoms. The minimum absolute atomic E-state index is 0. The maximum atomic E-state index is 13.1. The minimum Gasteiger partial charge on any atom is -0.548 e. The maximum absolute atomic E-state index is 13.1. The van der Waals surface area contributed by atoms with Crippen molar-refractivity contribution < 1.29 is 49.0 Å². The number of amides is 2. The third-order valence-electron chi connectivity index (χ3n) is 4.73. The minimum atomic E-state index is -1.31. The summed E-state index contributed by atoms with van der Waals surface area (Å²) in [4.78, 5) is 42.1. The number of thioether (sulfide) groups is 1. The van der Waals surface area contributed by atoms with Crippen LogP contribution in [0.1, 0.15) is 11.3 Å². The number of nitrogens with two attached hydrogens (primary N) is 1. The number of nitrogens with one attached hydrogen (secondary N) is 1. The van der Waals surface area contributed by atoms with Gasteiger partial charge in [-0.05, 0) is 18.2 Å². The van der Waals surface area contributed by atoms with Crippen LogP contribution in [0.25, 0.3) is 11.6 Å².